The van der Waals surface area contributed by atoms with Crippen LogP contribution >= 0.6 is 12.4 Å². The topological polar surface area (TPSA) is 12.0 Å². The molecule has 0 aromatic carbocycles. The lowest BCUT2D eigenvalue weighted by molar-refractivity contribution is -0.0886. The largest absolute Gasteiger partial charge is 0.316 e. The molecule has 1 aliphatic carbocycles. The highest BCUT2D eigenvalue weighted by atomic mass is 35.5. The fraction of sp³-hybridized carbons (Fsp3) is 1.00. The van der Waals surface area contributed by atoms with Crippen LogP contribution < -0.4 is 5.32 Å². The zero-order chi connectivity index (χ0) is 7.95. The third-order valence-electron chi connectivity index (χ3n) is 3.17. The van der Waals surface area contributed by atoms with Crippen LogP contribution in [0.3, 0.4) is 0 Å². The van der Waals surface area contributed by atoms with Gasteiger partial charge in [0.25, 0.3) is 5.92 Å². The van der Waals surface area contributed by atoms with Crippen LogP contribution in [0.1, 0.15) is 25.7 Å². The van der Waals surface area contributed by atoms with Crippen molar-refractivity contribution >= 4 is 12.4 Å². The summed E-state index contributed by atoms with van der Waals surface area (Å²) in [7, 11) is 0. The Morgan fingerprint density at radius 2 is 1.83 bits per heavy atom. The molecule has 1 spiro atoms. The smallest absolute Gasteiger partial charge is 0.254 e. The maximum Gasteiger partial charge on any atom is 0.254 e. The average Bonchev–Trinajstić information content (AvgIpc) is 2.45. The number of halogens is 3. The van der Waals surface area contributed by atoms with Crippen molar-refractivity contribution in [1.29, 1.82) is 0 Å². The van der Waals surface area contributed by atoms with Crippen LogP contribution in [0.15, 0.2) is 0 Å². The van der Waals surface area contributed by atoms with Gasteiger partial charge in [0.15, 0.2) is 0 Å². The molecule has 72 valence electrons. The summed E-state index contributed by atoms with van der Waals surface area (Å²) in [6.45, 7) is 1.30. The van der Waals surface area contributed by atoms with Crippen molar-refractivity contribution in [2.24, 2.45) is 5.41 Å². The molecule has 0 amide bonds. The van der Waals surface area contributed by atoms with Gasteiger partial charge in [-0.1, -0.05) is 0 Å². The second-order valence-corrected chi connectivity index (χ2v) is 3.77. The van der Waals surface area contributed by atoms with Crippen molar-refractivity contribution in [2.45, 2.75) is 31.6 Å². The third kappa shape index (κ3) is 1.23. The van der Waals surface area contributed by atoms with E-state index in [-0.39, 0.29) is 18.8 Å². The zero-order valence-electron chi connectivity index (χ0n) is 6.91. The Bertz CT molecular complexity index is 161. The van der Waals surface area contributed by atoms with Crippen LogP contribution in [0.25, 0.3) is 0 Å². The highest BCUT2D eigenvalue weighted by molar-refractivity contribution is 5.85. The summed E-state index contributed by atoms with van der Waals surface area (Å²) in [5.41, 5.74) is -0.660. The van der Waals surface area contributed by atoms with Gasteiger partial charge in [-0.2, -0.15) is 0 Å². The highest BCUT2D eigenvalue weighted by Crippen LogP contribution is 2.53. The van der Waals surface area contributed by atoms with Crippen LogP contribution in [-0.4, -0.2) is 19.0 Å². The third-order valence-corrected chi connectivity index (χ3v) is 3.17. The fourth-order valence-corrected chi connectivity index (χ4v) is 2.37. The van der Waals surface area contributed by atoms with E-state index in [1.807, 2.05) is 0 Å². The Balaban J connectivity index is 0.000000720. The Kier molecular flexibility index (Phi) is 2.64. The van der Waals surface area contributed by atoms with Gasteiger partial charge in [-0.15, -0.1) is 12.4 Å². The molecule has 2 fully saturated rings. The number of hydrogen-bond donors (Lipinski definition) is 1. The molecular formula is C8H14ClF2N. The first-order valence-corrected chi connectivity index (χ1v) is 4.25. The predicted molar refractivity (Wildman–Crippen MR) is 46.0 cm³/mol. The minimum absolute atomic E-state index is 0. The molecule has 1 aliphatic heterocycles. The maximum absolute atomic E-state index is 13.3. The van der Waals surface area contributed by atoms with Gasteiger partial charge in [-0.25, -0.2) is 8.78 Å². The van der Waals surface area contributed by atoms with Crippen LogP contribution in [0, 0.1) is 5.41 Å². The molecule has 1 saturated heterocycles. The summed E-state index contributed by atoms with van der Waals surface area (Å²) < 4.78 is 26.5. The molecule has 1 atom stereocenters. The SMILES string of the molecule is Cl.FC1(F)CCCC12CCNC2. The molecule has 1 saturated carbocycles. The molecule has 0 aromatic heterocycles. The van der Waals surface area contributed by atoms with Gasteiger partial charge < -0.3 is 5.32 Å². The van der Waals surface area contributed by atoms with Crippen molar-refractivity contribution in [3.8, 4) is 0 Å². The van der Waals surface area contributed by atoms with Gasteiger partial charge in [0, 0.05) is 18.4 Å². The van der Waals surface area contributed by atoms with Gasteiger partial charge >= 0.3 is 0 Å². The maximum atomic E-state index is 13.3. The first-order valence-electron chi connectivity index (χ1n) is 4.25. The molecular weight excluding hydrogens is 184 g/mol. The summed E-state index contributed by atoms with van der Waals surface area (Å²) in [5.74, 6) is -2.39. The van der Waals surface area contributed by atoms with E-state index >= 15 is 0 Å². The summed E-state index contributed by atoms with van der Waals surface area (Å²) in [6.07, 6.45) is 2.19. The van der Waals surface area contributed by atoms with Gasteiger partial charge in [0.05, 0.1) is 0 Å². The van der Waals surface area contributed by atoms with Crippen molar-refractivity contribution in [1.82, 2.24) is 5.32 Å². The minimum atomic E-state index is -2.39. The van der Waals surface area contributed by atoms with E-state index in [0.717, 1.165) is 6.54 Å². The van der Waals surface area contributed by atoms with Crippen molar-refractivity contribution < 1.29 is 8.78 Å². The Labute approximate surface area is 77.3 Å². The minimum Gasteiger partial charge on any atom is -0.316 e. The number of nitrogens with one attached hydrogen (secondary N) is 1. The van der Waals surface area contributed by atoms with Gasteiger partial charge in [-0.05, 0) is 25.8 Å². The molecule has 0 radical (unpaired) electrons. The Morgan fingerprint density at radius 3 is 2.25 bits per heavy atom. The molecule has 2 rings (SSSR count). The first kappa shape index (κ1) is 10.2. The molecule has 1 nitrogen and oxygen atoms in total. The number of rotatable bonds is 0. The molecule has 1 N–H and O–H groups in total. The molecule has 0 bridgehead atoms. The molecule has 4 heteroatoms. The Morgan fingerprint density at radius 1 is 1.08 bits per heavy atom. The quantitative estimate of drug-likeness (QED) is 0.628. The van der Waals surface area contributed by atoms with Crippen LogP contribution in [-0.2, 0) is 0 Å². The van der Waals surface area contributed by atoms with Gasteiger partial charge in [0.2, 0.25) is 0 Å². The monoisotopic (exact) mass is 197 g/mol. The summed E-state index contributed by atoms with van der Waals surface area (Å²) in [4.78, 5) is 0. The van der Waals surface area contributed by atoms with Crippen LogP contribution in [0.5, 0.6) is 0 Å². The predicted octanol–water partition coefficient (Wildman–Crippen LogP) is 2.21. The van der Waals surface area contributed by atoms with Crippen LogP contribution in [0.4, 0.5) is 8.78 Å². The summed E-state index contributed by atoms with van der Waals surface area (Å²) in [6, 6.07) is 0. The average molecular weight is 198 g/mol. The van der Waals surface area contributed by atoms with E-state index in [0.29, 0.717) is 25.8 Å². The van der Waals surface area contributed by atoms with Crippen molar-refractivity contribution in [3.05, 3.63) is 0 Å². The lowest BCUT2D eigenvalue weighted by atomic mass is 9.83. The Hall–Kier alpha value is 0.110. The zero-order valence-corrected chi connectivity index (χ0v) is 7.72. The molecule has 1 unspecified atom stereocenters. The molecule has 1 heterocycles. The van der Waals surface area contributed by atoms with Crippen molar-refractivity contribution in [3.63, 3.8) is 0 Å². The summed E-state index contributed by atoms with van der Waals surface area (Å²) in [5, 5.41) is 3.03. The highest BCUT2D eigenvalue weighted by Gasteiger charge is 2.57. The van der Waals surface area contributed by atoms with Gasteiger partial charge in [0.1, 0.15) is 0 Å². The summed E-state index contributed by atoms with van der Waals surface area (Å²) >= 11 is 0. The second-order valence-electron chi connectivity index (χ2n) is 3.77. The lowest BCUT2D eigenvalue weighted by Crippen LogP contribution is -2.37. The van der Waals surface area contributed by atoms with E-state index in [1.165, 1.54) is 0 Å². The molecule has 0 aromatic rings. The van der Waals surface area contributed by atoms with E-state index < -0.39 is 11.3 Å². The first-order chi connectivity index (χ1) is 5.16. The fourth-order valence-electron chi connectivity index (χ4n) is 2.37. The number of alkyl halides is 2. The van der Waals surface area contributed by atoms with Gasteiger partial charge in [-0.3, -0.25) is 0 Å². The van der Waals surface area contributed by atoms with E-state index in [1.54, 1.807) is 0 Å². The van der Waals surface area contributed by atoms with E-state index in [4.69, 9.17) is 0 Å². The normalized spacial score (nSPS) is 38.5. The second kappa shape index (κ2) is 3.11. The molecule has 2 aliphatic rings. The van der Waals surface area contributed by atoms with Crippen LogP contribution in [0.2, 0.25) is 0 Å². The number of hydrogen-bond acceptors (Lipinski definition) is 1. The molecule has 12 heavy (non-hydrogen) atoms. The van der Waals surface area contributed by atoms with Crippen molar-refractivity contribution in [2.75, 3.05) is 13.1 Å². The van der Waals surface area contributed by atoms with E-state index in [9.17, 15) is 8.78 Å². The standard InChI is InChI=1S/C8H13F2N.ClH/c9-8(10)3-1-2-7(8)4-5-11-6-7;/h11H,1-6H2;1H. The lowest BCUT2D eigenvalue weighted by Gasteiger charge is -2.29. The van der Waals surface area contributed by atoms with E-state index in [2.05, 4.69) is 5.32 Å².